The van der Waals surface area contributed by atoms with Gasteiger partial charge in [-0.3, -0.25) is 4.79 Å². The van der Waals surface area contributed by atoms with Gasteiger partial charge in [0, 0.05) is 18.5 Å². The lowest BCUT2D eigenvalue weighted by atomic mass is 9.97. The maximum absolute atomic E-state index is 13.8. The van der Waals surface area contributed by atoms with E-state index in [2.05, 4.69) is 15.0 Å². The summed E-state index contributed by atoms with van der Waals surface area (Å²) in [6, 6.07) is 38.1. The van der Waals surface area contributed by atoms with Crippen molar-refractivity contribution < 1.29 is 27.8 Å². The lowest BCUT2D eigenvalue weighted by Gasteiger charge is -2.36. The van der Waals surface area contributed by atoms with Crippen molar-refractivity contribution >= 4 is 39.1 Å². The Labute approximate surface area is 342 Å². The molecule has 7 rings (SSSR count). The van der Waals surface area contributed by atoms with Gasteiger partial charge < -0.3 is 24.5 Å². The first-order chi connectivity index (χ1) is 27.6. The summed E-state index contributed by atoms with van der Waals surface area (Å²) in [5.41, 5.74) is 7.00. The molecule has 3 N–H and O–H groups in total. The zero-order valence-electron chi connectivity index (χ0n) is 31.1. The van der Waals surface area contributed by atoms with Gasteiger partial charge in [-0.2, -0.15) is 4.72 Å². The summed E-state index contributed by atoms with van der Waals surface area (Å²) in [6.45, 7) is 2.42. The molecule has 4 atom stereocenters. The average Bonchev–Trinajstić information content (AvgIpc) is 3.55. The molecule has 1 aliphatic rings. The number of ether oxygens (including phenoxy) is 2. The van der Waals surface area contributed by atoms with Crippen molar-refractivity contribution in [3.63, 3.8) is 0 Å². The van der Waals surface area contributed by atoms with Gasteiger partial charge in [-0.05, 0) is 58.9 Å². The third-order valence-corrected chi connectivity index (χ3v) is 12.2. The van der Waals surface area contributed by atoms with E-state index in [4.69, 9.17) is 32.7 Å². The number of hydrogen-bond acceptors (Lipinski definition) is 7. The Morgan fingerprint density at radius 3 is 2.23 bits per heavy atom. The van der Waals surface area contributed by atoms with Crippen LogP contribution in [0.2, 0.25) is 10.3 Å². The van der Waals surface area contributed by atoms with Crippen molar-refractivity contribution in [2.75, 3.05) is 0 Å². The quantitative estimate of drug-likeness (QED) is 0.101. The molecular weight excluding hydrogens is 783 g/mol. The molecule has 10 nitrogen and oxygen atoms in total. The molecule has 294 valence electrons. The molecule has 13 heteroatoms. The van der Waals surface area contributed by atoms with Crippen molar-refractivity contribution in [1.29, 1.82) is 0 Å². The van der Waals surface area contributed by atoms with Gasteiger partial charge >= 0.3 is 0 Å². The van der Waals surface area contributed by atoms with Crippen molar-refractivity contribution in [1.82, 2.24) is 19.6 Å². The maximum Gasteiger partial charge on any atom is 0.241 e. The van der Waals surface area contributed by atoms with Gasteiger partial charge in [0.25, 0.3) is 0 Å². The van der Waals surface area contributed by atoms with Crippen molar-refractivity contribution in [3.05, 3.63) is 177 Å². The monoisotopic (exact) mass is 824 g/mol. The van der Waals surface area contributed by atoms with Crippen molar-refractivity contribution in [2.24, 2.45) is 0 Å². The SMILES string of the molecule is Cc1ccc(S(=O)(=O)N[C@H](Cc2ccccc2)C(=O)NCc2ccccc2-c2ccc([C@H]3O[C@@H](Cn4cnc(Cl)c4Cl)C[C@@H](c4ccc(CO)cc4)O3)cc2)cc1. The van der Waals surface area contributed by atoms with Gasteiger partial charge in [0.1, 0.15) is 11.2 Å². The minimum absolute atomic E-state index is 0.0489. The standard InChI is InChI=1S/C44H42Cl2N4O6S/c1-29-11-21-37(22-12-29)57(53,54)49-39(23-30-7-3-2-4-8-30)43(52)47-25-35-9-5-6-10-38(35)32-17-19-34(20-18-32)44-55-36(26-50-28-48-41(45)42(50)46)24-40(56-44)33-15-13-31(27-51)14-16-33/h2-22,28,36,39-40,44,49,51H,23-27H2,1H3,(H,47,52)/t36-,39-,40+,44+/m1/s1. The Morgan fingerprint density at radius 1 is 0.860 bits per heavy atom. The van der Waals surface area contributed by atoms with Crippen LogP contribution in [0.15, 0.2) is 139 Å². The van der Waals surface area contributed by atoms with Gasteiger partial charge in [0.05, 0.1) is 36.6 Å². The Morgan fingerprint density at radius 2 is 1.54 bits per heavy atom. The molecule has 57 heavy (non-hydrogen) atoms. The van der Waals surface area contributed by atoms with Crippen molar-refractivity contribution in [3.8, 4) is 11.1 Å². The molecule has 5 aromatic carbocycles. The number of aliphatic hydroxyl groups excluding tert-OH is 1. The molecule has 1 aliphatic heterocycles. The molecule has 0 aliphatic carbocycles. The fourth-order valence-electron chi connectivity index (χ4n) is 6.81. The number of aliphatic hydroxyl groups is 1. The number of benzene rings is 5. The first-order valence-electron chi connectivity index (χ1n) is 18.5. The number of halogens is 2. The van der Waals surface area contributed by atoms with E-state index in [1.165, 1.54) is 12.1 Å². The third-order valence-electron chi connectivity index (χ3n) is 9.94. The van der Waals surface area contributed by atoms with E-state index < -0.39 is 28.3 Å². The van der Waals surface area contributed by atoms with Crippen LogP contribution < -0.4 is 10.0 Å². The minimum atomic E-state index is -3.99. The molecule has 1 amide bonds. The van der Waals surface area contributed by atoms with Crippen LogP contribution in [-0.2, 0) is 50.4 Å². The van der Waals surface area contributed by atoms with E-state index >= 15 is 0 Å². The Kier molecular flexibility index (Phi) is 12.9. The fourth-order valence-corrected chi connectivity index (χ4v) is 8.32. The number of nitrogens with zero attached hydrogens (tertiary/aromatic N) is 2. The van der Waals surface area contributed by atoms with Crippen LogP contribution in [0.1, 0.15) is 52.2 Å². The normalized spacial score (nSPS) is 17.6. The molecule has 0 radical (unpaired) electrons. The highest BCUT2D eigenvalue weighted by atomic mass is 35.5. The zero-order valence-corrected chi connectivity index (χ0v) is 33.4. The van der Waals surface area contributed by atoms with E-state index in [-0.39, 0.29) is 41.8 Å². The predicted octanol–water partition coefficient (Wildman–Crippen LogP) is 8.11. The summed E-state index contributed by atoms with van der Waals surface area (Å²) in [4.78, 5) is 18.0. The average molecular weight is 826 g/mol. The molecule has 1 fully saturated rings. The minimum Gasteiger partial charge on any atom is -0.392 e. The molecule has 0 spiro atoms. The number of sulfonamides is 1. The second-order valence-electron chi connectivity index (χ2n) is 14.0. The Bertz CT molecular complexity index is 2390. The van der Waals surface area contributed by atoms with Crippen LogP contribution in [-0.4, -0.2) is 41.1 Å². The molecular formula is C44H42Cl2N4O6S. The van der Waals surface area contributed by atoms with E-state index in [0.717, 1.165) is 44.5 Å². The smallest absolute Gasteiger partial charge is 0.241 e. The second-order valence-corrected chi connectivity index (χ2v) is 16.4. The predicted molar refractivity (Wildman–Crippen MR) is 220 cm³/mol. The summed E-state index contributed by atoms with van der Waals surface area (Å²) in [5, 5.41) is 13.1. The Hall–Kier alpha value is -4.85. The van der Waals surface area contributed by atoms with Gasteiger partial charge in [-0.1, -0.05) is 144 Å². The summed E-state index contributed by atoms with van der Waals surface area (Å²) in [5.74, 6) is -0.444. The second kappa shape index (κ2) is 18.2. The highest BCUT2D eigenvalue weighted by Gasteiger charge is 2.33. The van der Waals surface area contributed by atoms with Gasteiger partial charge in [-0.15, -0.1) is 0 Å². The number of amides is 1. The molecule has 0 bridgehead atoms. The first kappa shape index (κ1) is 40.4. The molecule has 1 aromatic heterocycles. The fraction of sp³-hybridized carbons (Fsp3) is 0.227. The zero-order chi connectivity index (χ0) is 39.9. The summed E-state index contributed by atoms with van der Waals surface area (Å²) in [7, 11) is -3.99. The highest BCUT2D eigenvalue weighted by Crippen LogP contribution is 2.39. The topological polar surface area (TPSA) is 132 Å². The van der Waals surface area contributed by atoms with Crippen LogP contribution in [0.25, 0.3) is 11.1 Å². The number of rotatable bonds is 14. The van der Waals surface area contributed by atoms with Crippen LogP contribution in [0.4, 0.5) is 0 Å². The molecule has 6 aromatic rings. The van der Waals surface area contributed by atoms with E-state index in [0.29, 0.717) is 18.1 Å². The lowest BCUT2D eigenvalue weighted by molar-refractivity contribution is -0.252. The summed E-state index contributed by atoms with van der Waals surface area (Å²) >= 11 is 12.5. The number of nitrogens with one attached hydrogen (secondary N) is 2. The van der Waals surface area contributed by atoms with Crippen LogP contribution in [0.5, 0.6) is 0 Å². The van der Waals surface area contributed by atoms with E-state index in [1.54, 1.807) is 23.0 Å². The Balaban J connectivity index is 1.08. The van der Waals surface area contributed by atoms with Crippen LogP contribution in [0.3, 0.4) is 0 Å². The van der Waals surface area contributed by atoms with Gasteiger partial charge in [0.2, 0.25) is 15.9 Å². The summed E-state index contributed by atoms with van der Waals surface area (Å²) < 4.78 is 44.2. The molecule has 1 saturated heterocycles. The van der Waals surface area contributed by atoms with Gasteiger partial charge in [-0.25, -0.2) is 13.4 Å². The van der Waals surface area contributed by atoms with Gasteiger partial charge in [0.15, 0.2) is 11.4 Å². The van der Waals surface area contributed by atoms with Crippen molar-refractivity contribution in [2.45, 2.75) is 68.9 Å². The molecule has 0 saturated carbocycles. The number of aryl methyl sites for hydroxylation is 1. The highest BCUT2D eigenvalue weighted by molar-refractivity contribution is 7.89. The van der Waals surface area contributed by atoms with Crippen LogP contribution >= 0.6 is 23.2 Å². The maximum atomic E-state index is 13.8. The molecule has 0 unspecified atom stereocenters. The summed E-state index contributed by atoms with van der Waals surface area (Å²) in [6.07, 6.45) is 1.03. The lowest BCUT2D eigenvalue weighted by Crippen LogP contribution is -2.47. The largest absolute Gasteiger partial charge is 0.392 e. The third kappa shape index (κ3) is 10.0. The van der Waals surface area contributed by atoms with E-state index in [9.17, 15) is 18.3 Å². The number of carbonyl (C=O) groups excluding carboxylic acids is 1. The number of carbonyl (C=O) groups is 1. The van der Waals surface area contributed by atoms with E-state index in [1.807, 2.05) is 110 Å². The number of hydrogen-bond donors (Lipinski definition) is 3. The molecule has 2 heterocycles. The number of aromatic nitrogens is 2. The number of imidazole rings is 1. The van der Waals surface area contributed by atoms with Crippen LogP contribution in [0, 0.1) is 6.92 Å². The first-order valence-corrected chi connectivity index (χ1v) is 20.8.